The Bertz CT molecular complexity index is 514. The van der Waals surface area contributed by atoms with Gasteiger partial charge in [0.05, 0.1) is 25.5 Å². The Morgan fingerprint density at radius 3 is 2.82 bits per heavy atom. The molecule has 1 saturated carbocycles. The molecule has 1 aliphatic carbocycles. The molecule has 1 aromatic rings. The zero-order chi connectivity index (χ0) is 14.7. The van der Waals surface area contributed by atoms with E-state index in [0.29, 0.717) is 18.5 Å². The summed E-state index contributed by atoms with van der Waals surface area (Å²) in [7, 11) is 2.01. The maximum Gasteiger partial charge on any atom is 0.191 e. The van der Waals surface area contributed by atoms with Gasteiger partial charge in [0.25, 0.3) is 0 Å². The summed E-state index contributed by atoms with van der Waals surface area (Å²) in [6.45, 7) is 3.85. The summed E-state index contributed by atoms with van der Waals surface area (Å²) in [6.07, 6.45) is 2.44. The van der Waals surface area contributed by atoms with Crippen LogP contribution in [-0.2, 0) is 11.3 Å². The van der Waals surface area contributed by atoms with Crippen LogP contribution in [0.15, 0.2) is 23.2 Å². The number of ether oxygens (including phenoxy) is 1. The highest BCUT2D eigenvalue weighted by molar-refractivity contribution is 14.0. The number of nitrogens with two attached hydrogens (primary N) is 1. The summed E-state index contributed by atoms with van der Waals surface area (Å²) in [6, 6.07) is 6.65. The lowest BCUT2D eigenvalue weighted by Gasteiger charge is -2.28. The molecule has 2 aliphatic rings. The van der Waals surface area contributed by atoms with Gasteiger partial charge in [-0.15, -0.1) is 24.0 Å². The Balaban J connectivity index is 0.00000176. The molecule has 22 heavy (non-hydrogen) atoms. The highest BCUT2D eigenvalue weighted by Crippen LogP contribution is 2.25. The van der Waals surface area contributed by atoms with E-state index in [0.717, 1.165) is 37.8 Å². The second-order valence-electron chi connectivity index (χ2n) is 5.60. The Kier molecular flexibility index (Phi) is 6.25. The van der Waals surface area contributed by atoms with Crippen molar-refractivity contribution < 1.29 is 4.74 Å². The van der Waals surface area contributed by atoms with Gasteiger partial charge in [0, 0.05) is 26.2 Å². The highest BCUT2D eigenvalue weighted by atomic mass is 127. The van der Waals surface area contributed by atoms with E-state index >= 15 is 0 Å². The van der Waals surface area contributed by atoms with E-state index in [1.54, 1.807) is 0 Å². The van der Waals surface area contributed by atoms with Crippen molar-refractivity contribution in [2.24, 2.45) is 10.7 Å². The number of guanidine groups is 1. The van der Waals surface area contributed by atoms with Crippen LogP contribution < -0.4 is 10.6 Å². The fourth-order valence-electron chi connectivity index (χ4n) is 2.45. The van der Waals surface area contributed by atoms with Crippen molar-refractivity contribution in [3.63, 3.8) is 0 Å². The third kappa shape index (κ3) is 4.45. The van der Waals surface area contributed by atoms with Crippen LogP contribution in [0.1, 0.15) is 18.5 Å². The van der Waals surface area contributed by atoms with Crippen molar-refractivity contribution in [2.45, 2.75) is 25.4 Å². The third-order valence-electron chi connectivity index (χ3n) is 3.99. The van der Waals surface area contributed by atoms with Crippen molar-refractivity contribution >= 4 is 35.8 Å². The molecule has 2 heterocycles. The van der Waals surface area contributed by atoms with Crippen LogP contribution in [0.25, 0.3) is 0 Å². The monoisotopic (exact) mass is 417 g/mol. The minimum atomic E-state index is 0. The van der Waals surface area contributed by atoms with Gasteiger partial charge < -0.3 is 20.3 Å². The first-order valence-corrected chi connectivity index (χ1v) is 7.55. The van der Waals surface area contributed by atoms with Gasteiger partial charge in [-0.25, -0.2) is 9.98 Å². The van der Waals surface area contributed by atoms with Gasteiger partial charge in [-0.05, 0) is 25.0 Å². The number of morpholine rings is 1. The minimum Gasteiger partial charge on any atom is -0.378 e. The van der Waals surface area contributed by atoms with Crippen molar-refractivity contribution in [1.82, 2.24) is 9.88 Å². The quantitative estimate of drug-likeness (QED) is 0.457. The molecule has 0 radical (unpaired) electrons. The molecule has 2 fully saturated rings. The molecule has 2 N–H and O–H groups in total. The topological polar surface area (TPSA) is 67.0 Å². The van der Waals surface area contributed by atoms with E-state index in [1.165, 1.54) is 12.8 Å². The smallest absolute Gasteiger partial charge is 0.191 e. The van der Waals surface area contributed by atoms with Crippen molar-refractivity contribution in [3.8, 4) is 0 Å². The zero-order valence-corrected chi connectivity index (χ0v) is 15.3. The van der Waals surface area contributed by atoms with Crippen LogP contribution in [0.3, 0.4) is 0 Å². The fraction of sp³-hybridized carbons (Fsp3) is 0.600. The molecule has 0 unspecified atom stereocenters. The van der Waals surface area contributed by atoms with Crippen LogP contribution in [0.2, 0.25) is 0 Å². The molecule has 1 aliphatic heterocycles. The average Bonchev–Trinajstić information content (AvgIpc) is 3.38. The molecule has 7 heteroatoms. The maximum atomic E-state index is 6.01. The van der Waals surface area contributed by atoms with E-state index in [2.05, 4.69) is 19.8 Å². The Hall–Kier alpha value is -1.09. The van der Waals surface area contributed by atoms with Gasteiger partial charge in [-0.2, -0.15) is 0 Å². The lowest BCUT2D eigenvalue weighted by molar-refractivity contribution is 0.122. The van der Waals surface area contributed by atoms with Crippen LogP contribution in [-0.4, -0.2) is 55.2 Å². The Morgan fingerprint density at radius 1 is 1.41 bits per heavy atom. The van der Waals surface area contributed by atoms with Crippen molar-refractivity contribution in [3.05, 3.63) is 23.9 Å². The molecule has 0 atom stereocenters. The maximum absolute atomic E-state index is 6.01. The van der Waals surface area contributed by atoms with Gasteiger partial charge in [0.1, 0.15) is 5.82 Å². The minimum absolute atomic E-state index is 0. The lowest BCUT2D eigenvalue weighted by atomic mass is 10.3. The van der Waals surface area contributed by atoms with Gasteiger partial charge in [-0.3, -0.25) is 0 Å². The molecule has 1 aromatic heterocycles. The molecular formula is C15H24IN5O. The zero-order valence-electron chi connectivity index (χ0n) is 12.9. The first-order valence-electron chi connectivity index (χ1n) is 7.55. The predicted molar refractivity (Wildman–Crippen MR) is 98.8 cm³/mol. The van der Waals surface area contributed by atoms with Crippen LogP contribution in [0, 0.1) is 0 Å². The molecule has 0 spiro atoms. The van der Waals surface area contributed by atoms with E-state index < -0.39 is 0 Å². The summed E-state index contributed by atoms with van der Waals surface area (Å²) in [5, 5.41) is 0. The normalized spacial score (nSPS) is 18.8. The van der Waals surface area contributed by atoms with Gasteiger partial charge in [0.15, 0.2) is 5.96 Å². The average molecular weight is 417 g/mol. The van der Waals surface area contributed by atoms with Gasteiger partial charge >= 0.3 is 0 Å². The summed E-state index contributed by atoms with van der Waals surface area (Å²) >= 11 is 0. The highest BCUT2D eigenvalue weighted by Gasteiger charge is 2.27. The van der Waals surface area contributed by atoms with E-state index in [4.69, 9.17) is 10.5 Å². The first-order chi connectivity index (χ1) is 10.2. The molecule has 0 amide bonds. The fourth-order valence-corrected chi connectivity index (χ4v) is 2.45. The lowest BCUT2D eigenvalue weighted by Crippen LogP contribution is -2.37. The number of aliphatic imine (C=N–C) groups is 1. The van der Waals surface area contributed by atoms with Crippen molar-refractivity contribution in [1.29, 1.82) is 0 Å². The number of halogens is 1. The van der Waals surface area contributed by atoms with E-state index in [-0.39, 0.29) is 24.0 Å². The molecule has 1 saturated heterocycles. The number of nitrogens with zero attached hydrogens (tertiary/aromatic N) is 4. The van der Waals surface area contributed by atoms with E-state index in [9.17, 15) is 0 Å². The molecule has 122 valence electrons. The Morgan fingerprint density at radius 2 is 2.14 bits per heavy atom. The predicted octanol–water partition coefficient (Wildman–Crippen LogP) is 1.45. The molecule has 0 bridgehead atoms. The summed E-state index contributed by atoms with van der Waals surface area (Å²) in [4.78, 5) is 13.4. The van der Waals surface area contributed by atoms with Crippen LogP contribution in [0.5, 0.6) is 0 Å². The first kappa shape index (κ1) is 17.3. The van der Waals surface area contributed by atoms with Gasteiger partial charge in [-0.1, -0.05) is 6.07 Å². The standard InChI is InChI=1S/C15H23N5O.HI/c1-19(13-5-6-13)15(16)17-11-12-3-2-4-14(18-12)20-7-9-21-10-8-20;/h2-4,13H,5-11H2,1H3,(H2,16,17);1H. The second-order valence-corrected chi connectivity index (χ2v) is 5.60. The summed E-state index contributed by atoms with van der Waals surface area (Å²) in [5.74, 6) is 1.61. The van der Waals surface area contributed by atoms with E-state index in [1.807, 2.05) is 25.2 Å². The Labute approximate surface area is 148 Å². The molecule has 3 rings (SSSR count). The van der Waals surface area contributed by atoms with Crippen molar-refractivity contribution in [2.75, 3.05) is 38.3 Å². The van der Waals surface area contributed by atoms with Gasteiger partial charge in [0.2, 0.25) is 0 Å². The second kappa shape index (κ2) is 7.96. The number of pyridine rings is 1. The molecular weight excluding hydrogens is 393 g/mol. The number of hydrogen-bond donors (Lipinski definition) is 1. The van der Waals surface area contributed by atoms with Crippen LogP contribution >= 0.6 is 24.0 Å². The summed E-state index contributed by atoms with van der Waals surface area (Å²) < 4.78 is 5.37. The largest absolute Gasteiger partial charge is 0.378 e. The number of aromatic nitrogens is 1. The number of hydrogen-bond acceptors (Lipinski definition) is 4. The number of anilines is 1. The molecule has 0 aromatic carbocycles. The molecule has 6 nitrogen and oxygen atoms in total. The SMILES string of the molecule is CN(C(N)=NCc1cccc(N2CCOCC2)n1)C1CC1.I. The summed E-state index contributed by atoms with van der Waals surface area (Å²) in [5.41, 5.74) is 6.96. The van der Waals surface area contributed by atoms with Crippen LogP contribution in [0.4, 0.5) is 5.82 Å². The number of rotatable bonds is 4. The third-order valence-corrected chi connectivity index (χ3v) is 3.99.